The van der Waals surface area contributed by atoms with E-state index in [9.17, 15) is 9.18 Å². The van der Waals surface area contributed by atoms with Gasteiger partial charge in [-0.3, -0.25) is 9.67 Å². The molecule has 10 heteroatoms. The lowest BCUT2D eigenvalue weighted by atomic mass is 10.2. The summed E-state index contributed by atoms with van der Waals surface area (Å²) in [6, 6.07) is 12.7. The molecule has 186 valence electrons. The number of imidazole rings is 1. The smallest absolute Gasteiger partial charge is 0.323 e. The van der Waals surface area contributed by atoms with E-state index < -0.39 is 11.8 Å². The van der Waals surface area contributed by atoms with Crippen LogP contribution >= 0.6 is 0 Å². The number of carbonyl (C=O) groups is 1. The van der Waals surface area contributed by atoms with Crippen LogP contribution in [-0.2, 0) is 7.05 Å². The topological polar surface area (TPSA) is 98.9 Å². The van der Waals surface area contributed by atoms with Crippen molar-refractivity contribution in [1.29, 1.82) is 0 Å². The normalized spacial score (nSPS) is 10.8. The van der Waals surface area contributed by atoms with Gasteiger partial charge in [-0.05, 0) is 55.8 Å². The van der Waals surface area contributed by atoms with Crippen molar-refractivity contribution >= 4 is 17.4 Å². The maximum atomic E-state index is 14.8. The van der Waals surface area contributed by atoms with Gasteiger partial charge in [-0.1, -0.05) is 0 Å². The van der Waals surface area contributed by atoms with Crippen LogP contribution in [0.25, 0.3) is 16.9 Å². The molecule has 3 aromatic heterocycles. The summed E-state index contributed by atoms with van der Waals surface area (Å²) >= 11 is 0. The molecule has 0 aliphatic heterocycles. The number of halogens is 1. The number of amides is 2. The Morgan fingerprint density at radius 2 is 1.81 bits per heavy atom. The Hall–Kier alpha value is -4.99. The minimum atomic E-state index is -0.631. The first-order valence-electron chi connectivity index (χ1n) is 11.5. The summed E-state index contributed by atoms with van der Waals surface area (Å²) in [7, 11) is 1.82. The Balaban J connectivity index is 1.26. The summed E-state index contributed by atoms with van der Waals surface area (Å²) in [6.45, 7) is 3.83. The minimum Gasteiger partial charge on any atom is -0.457 e. The number of nitrogens with one attached hydrogen (secondary N) is 2. The van der Waals surface area contributed by atoms with Crippen molar-refractivity contribution in [2.75, 3.05) is 10.6 Å². The number of ether oxygens (including phenoxy) is 1. The van der Waals surface area contributed by atoms with Crippen molar-refractivity contribution < 1.29 is 13.9 Å². The fourth-order valence-electron chi connectivity index (χ4n) is 3.81. The molecular formula is C27H24FN7O2. The number of hydrogen-bond donors (Lipinski definition) is 2. The van der Waals surface area contributed by atoms with Crippen LogP contribution in [0.2, 0.25) is 0 Å². The molecule has 2 aromatic carbocycles. The number of rotatable bonds is 6. The highest BCUT2D eigenvalue weighted by Gasteiger charge is 2.11. The molecule has 0 saturated heterocycles. The van der Waals surface area contributed by atoms with E-state index in [2.05, 4.69) is 25.7 Å². The maximum absolute atomic E-state index is 14.8. The number of pyridine rings is 1. The number of hydrogen-bond acceptors (Lipinski definition) is 5. The highest BCUT2D eigenvalue weighted by Crippen LogP contribution is 2.28. The maximum Gasteiger partial charge on any atom is 0.323 e. The van der Waals surface area contributed by atoms with E-state index in [-0.39, 0.29) is 11.4 Å². The molecule has 0 aliphatic carbocycles. The average Bonchev–Trinajstić information content (AvgIpc) is 3.49. The van der Waals surface area contributed by atoms with Crippen LogP contribution in [0.5, 0.6) is 11.5 Å². The van der Waals surface area contributed by atoms with Crippen LogP contribution in [0.4, 0.5) is 20.6 Å². The minimum absolute atomic E-state index is 0.0220. The van der Waals surface area contributed by atoms with Gasteiger partial charge in [-0.15, -0.1) is 0 Å². The molecule has 0 radical (unpaired) electrons. The molecule has 0 spiro atoms. The summed E-state index contributed by atoms with van der Waals surface area (Å²) in [6.07, 6.45) is 8.75. The van der Waals surface area contributed by atoms with E-state index in [4.69, 9.17) is 4.74 Å². The number of anilines is 2. The van der Waals surface area contributed by atoms with E-state index in [1.165, 1.54) is 12.1 Å². The zero-order valence-electron chi connectivity index (χ0n) is 20.4. The second kappa shape index (κ2) is 9.94. The lowest BCUT2D eigenvalue weighted by Crippen LogP contribution is -2.20. The molecular weight excluding hydrogens is 473 g/mol. The van der Waals surface area contributed by atoms with Crippen LogP contribution < -0.4 is 15.4 Å². The van der Waals surface area contributed by atoms with Gasteiger partial charge in [-0.2, -0.15) is 5.10 Å². The highest BCUT2D eigenvalue weighted by atomic mass is 19.1. The molecule has 0 unspecified atom stereocenters. The fraction of sp³-hybridized carbons (Fsp3) is 0.111. The predicted molar refractivity (Wildman–Crippen MR) is 139 cm³/mol. The highest BCUT2D eigenvalue weighted by molar-refractivity contribution is 6.00. The van der Waals surface area contributed by atoms with Crippen LogP contribution in [-0.4, -0.2) is 30.3 Å². The second-order valence-electron chi connectivity index (χ2n) is 8.58. The number of benzene rings is 2. The van der Waals surface area contributed by atoms with E-state index in [0.717, 1.165) is 22.5 Å². The van der Waals surface area contributed by atoms with Gasteiger partial charge in [-0.25, -0.2) is 14.2 Å². The van der Waals surface area contributed by atoms with Crippen LogP contribution in [0.3, 0.4) is 0 Å². The number of aromatic nitrogens is 5. The molecule has 3 heterocycles. The van der Waals surface area contributed by atoms with Gasteiger partial charge in [0.1, 0.15) is 17.3 Å². The molecule has 2 N–H and O–H groups in total. The van der Waals surface area contributed by atoms with Crippen molar-refractivity contribution in [3.63, 3.8) is 0 Å². The van der Waals surface area contributed by atoms with E-state index in [1.54, 1.807) is 41.6 Å². The third-order valence-electron chi connectivity index (χ3n) is 5.49. The molecule has 0 atom stereocenters. The Morgan fingerprint density at radius 3 is 2.54 bits per heavy atom. The lowest BCUT2D eigenvalue weighted by Gasteiger charge is -2.12. The molecule has 0 fully saturated rings. The number of aryl methyl sites for hydroxylation is 3. The van der Waals surface area contributed by atoms with Crippen LogP contribution in [0.1, 0.15) is 11.3 Å². The molecule has 9 nitrogen and oxygen atoms in total. The number of urea groups is 1. The largest absolute Gasteiger partial charge is 0.457 e. The molecule has 0 aliphatic rings. The average molecular weight is 498 g/mol. The summed E-state index contributed by atoms with van der Waals surface area (Å²) in [5, 5.41) is 9.45. The first kappa shape index (κ1) is 23.7. The Labute approximate surface area is 212 Å². The number of carbonyl (C=O) groups excluding carboxylic acids is 1. The Kier molecular flexibility index (Phi) is 6.38. The van der Waals surface area contributed by atoms with Crippen molar-refractivity contribution in [3.8, 4) is 28.4 Å². The van der Waals surface area contributed by atoms with Gasteiger partial charge in [0.15, 0.2) is 0 Å². The third kappa shape index (κ3) is 5.64. The molecule has 2 amide bonds. The second-order valence-corrected chi connectivity index (χ2v) is 8.58. The van der Waals surface area contributed by atoms with Gasteiger partial charge < -0.3 is 19.9 Å². The zero-order valence-corrected chi connectivity index (χ0v) is 20.4. The van der Waals surface area contributed by atoms with Crippen LogP contribution in [0, 0.1) is 19.7 Å². The van der Waals surface area contributed by atoms with Gasteiger partial charge in [0.2, 0.25) is 0 Å². The molecule has 0 bridgehead atoms. The van der Waals surface area contributed by atoms with Gasteiger partial charge >= 0.3 is 6.03 Å². The first-order chi connectivity index (χ1) is 17.8. The van der Waals surface area contributed by atoms with Crippen molar-refractivity contribution in [2.24, 2.45) is 7.05 Å². The summed E-state index contributed by atoms with van der Waals surface area (Å²) in [4.78, 5) is 21.2. The van der Waals surface area contributed by atoms with Gasteiger partial charge in [0.25, 0.3) is 0 Å². The lowest BCUT2D eigenvalue weighted by molar-refractivity contribution is 0.262. The molecule has 37 heavy (non-hydrogen) atoms. The van der Waals surface area contributed by atoms with Gasteiger partial charge in [0.05, 0.1) is 29.6 Å². The first-order valence-corrected chi connectivity index (χ1v) is 11.5. The standard InChI is InChI=1S/C27H24FN7O2/c1-17-8-20(10-21(9-17)35-14-18(2)30-16-35)32-27(36)33-25-5-4-22(11-24(25)28)37-23-6-7-29-26(12-23)19-13-31-34(3)15-19/h4-16H,1-3H3,(H2,32,33,36). The third-order valence-corrected chi connectivity index (χ3v) is 5.49. The number of nitrogens with zero attached hydrogens (tertiary/aromatic N) is 5. The molecule has 5 aromatic rings. The van der Waals surface area contributed by atoms with Crippen molar-refractivity contribution in [3.05, 3.63) is 96.7 Å². The summed E-state index contributed by atoms with van der Waals surface area (Å²) in [5.74, 6) is 0.147. The van der Waals surface area contributed by atoms with Gasteiger partial charge in [0, 0.05) is 54.7 Å². The zero-order chi connectivity index (χ0) is 25.9. The van der Waals surface area contributed by atoms with E-state index >= 15 is 0 Å². The Bertz CT molecular complexity index is 1590. The van der Waals surface area contributed by atoms with E-state index in [1.807, 2.05) is 56.1 Å². The van der Waals surface area contributed by atoms with E-state index in [0.29, 0.717) is 17.1 Å². The van der Waals surface area contributed by atoms with Crippen molar-refractivity contribution in [1.82, 2.24) is 24.3 Å². The Morgan fingerprint density at radius 1 is 0.973 bits per heavy atom. The summed E-state index contributed by atoms with van der Waals surface area (Å²) < 4.78 is 24.2. The predicted octanol–water partition coefficient (Wildman–Crippen LogP) is 5.86. The molecule has 5 rings (SSSR count). The van der Waals surface area contributed by atoms with Crippen LogP contribution in [0.15, 0.2) is 79.6 Å². The quantitative estimate of drug-likeness (QED) is 0.306. The SMILES string of the molecule is Cc1cc(NC(=O)Nc2ccc(Oc3ccnc(-c4cnn(C)c4)c3)cc2F)cc(-n2cnc(C)c2)c1. The fourth-order valence-corrected chi connectivity index (χ4v) is 3.81. The van der Waals surface area contributed by atoms with Crippen molar-refractivity contribution in [2.45, 2.75) is 13.8 Å². The monoisotopic (exact) mass is 497 g/mol. The molecule has 0 saturated carbocycles. The summed E-state index contributed by atoms with van der Waals surface area (Å²) in [5.41, 5.74) is 4.81.